The highest BCUT2D eigenvalue weighted by Gasteiger charge is 2.39. The van der Waals surface area contributed by atoms with E-state index in [9.17, 15) is 4.79 Å². The van der Waals surface area contributed by atoms with Gasteiger partial charge in [0.2, 0.25) is 0 Å². The van der Waals surface area contributed by atoms with Crippen LogP contribution in [0.4, 0.5) is 0 Å². The number of amides is 1. The molecule has 162 valence electrons. The Morgan fingerprint density at radius 3 is 2.62 bits per heavy atom. The summed E-state index contributed by atoms with van der Waals surface area (Å²) in [7, 11) is 2.21. The summed E-state index contributed by atoms with van der Waals surface area (Å²) >= 11 is 0. The van der Waals surface area contributed by atoms with Crippen LogP contribution in [-0.2, 0) is 4.79 Å². The summed E-state index contributed by atoms with van der Waals surface area (Å²) in [5, 5.41) is 0. The third-order valence-electron chi connectivity index (χ3n) is 6.89. The number of rotatable bonds is 2. The van der Waals surface area contributed by atoms with Crippen molar-refractivity contribution in [2.24, 2.45) is 11.8 Å². The van der Waals surface area contributed by atoms with Crippen LogP contribution >= 0.6 is 0 Å². The minimum atomic E-state index is -0.0505. The van der Waals surface area contributed by atoms with Crippen molar-refractivity contribution >= 4 is 22.6 Å². The zero-order valence-electron chi connectivity index (χ0n) is 18.4. The van der Waals surface area contributed by atoms with Gasteiger partial charge in [0.1, 0.15) is 5.52 Å². The first kappa shape index (κ1) is 19.3. The Kier molecular flexibility index (Phi) is 4.43. The molecule has 6 nitrogen and oxygen atoms in total. The lowest BCUT2D eigenvalue weighted by atomic mass is 10.0. The molecule has 0 N–H and O–H groups in total. The van der Waals surface area contributed by atoms with Gasteiger partial charge in [-0.25, -0.2) is 4.98 Å². The van der Waals surface area contributed by atoms with Gasteiger partial charge in [0.05, 0.1) is 5.70 Å². The minimum Gasteiger partial charge on any atom is -0.441 e. The van der Waals surface area contributed by atoms with Crippen molar-refractivity contribution in [3.63, 3.8) is 0 Å². The highest BCUT2D eigenvalue weighted by Crippen LogP contribution is 2.34. The van der Waals surface area contributed by atoms with Crippen LogP contribution in [0.2, 0.25) is 0 Å². The molecule has 1 amide bonds. The van der Waals surface area contributed by atoms with E-state index in [1.54, 1.807) is 11.0 Å². The molecule has 6 heteroatoms. The summed E-state index contributed by atoms with van der Waals surface area (Å²) in [5.74, 6) is 2.03. The van der Waals surface area contributed by atoms with Gasteiger partial charge in [-0.1, -0.05) is 18.2 Å². The number of fused-ring (bicyclic) bond motifs is 3. The number of aryl methyl sites for hydroxylation is 1. The number of oxazole rings is 1. The summed E-state index contributed by atoms with van der Waals surface area (Å²) in [6.45, 7) is 6.29. The molecule has 0 bridgehead atoms. The summed E-state index contributed by atoms with van der Waals surface area (Å²) in [6.07, 6.45) is 13.8. The number of carbonyl (C=O) groups is 1. The van der Waals surface area contributed by atoms with Gasteiger partial charge in [-0.2, -0.15) is 0 Å². The molecule has 2 saturated heterocycles. The lowest BCUT2D eigenvalue weighted by Crippen LogP contribution is -2.31. The summed E-state index contributed by atoms with van der Waals surface area (Å²) in [6, 6.07) is 5.86. The summed E-state index contributed by atoms with van der Waals surface area (Å²) in [4.78, 5) is 24.3. The Bertz CT molecular complexity index is 1250. The fourth-order valence-electron chi connectivity index (χ4n) is 5.35. The van der Waals surface area contributed by atoms with Crippen LogP contribution in [0, 0.1) is 18.8 Å². The Labute approximate surface area is 187 Å². The van der Waals surface area contributed by atoms with Crippen LogP contribution in [-0.4, -0.2) is 58.8 Å². The molecule has 0 aliphatic carbocycles. The molecule has 0 unspecified atom stereocenters. The predicted molar refractivity (Wildman–Crippen MR) is 124 cm³/mol. The Hall–Kier alpha value is -3.38. The van der Waals surface area contributed by atoms with Crippen molar-refractivity contribution in [1.29, 1.82) is 0 Å². The maximum absolute atomic E-state index is 13.3. The highest BCUT2D eigenvalue weighted by atomic mass is 16.3. The van der Waals surface area contributed by atoms with Gasteiger partial charge in [0.25, 0.3) is 5.91 Å². The second-order valence-electron chi connectivity index (χ2n) is 9.21. The lowest BCUT2D eigenvalue weighted by molar-refractivity contribution is -0.122. The molecule has 32 heavy (non-hydrogen) atoms. The van der Waals surface area contributed by atoms with Crippen LogP contribution in [0.3, 0.4) is 0 Å². The quantitative estimate of drug-likeness (QED) is 0.733. The van der Waals surface area contributed by atoms with Crippen molar-refractivity contribution < 1.29 is 9.21 Å². The van der Waals surface area contributed by atoms with Crippen molar-refractivity contribution in [3.8, 4) is 0 Å². The van der Waals surface area contributed by atoms with Gasteiger partial charge < -0.3 is 14.2 Å². The Morgan fingerprint density at radius 1 is 1.03 bits per heavy atom. The maximum Gasteiger partial charge on any atom is 0.255 e. The molecule has 4 aliphatic rings. The summed E-state index contributed by atoms with van der Waals surface area (Å²) < 4.78 is 5.68. The third-order valence-corrected chi connectivity index (χ3v) is 6.89. The minimum absolute atomic E-state index is 0.0505. The fourth-order valence-corrected chi connectivity index (χ4v) is 5.35. The molecule has 6 rings (SSSR count). The number of hydrogen-bond donors (Lipinski definition) is 0. The van der Waals surface area contributed by atoms with Crippen molar-refractivity contribution in [2.75, 3.05) is 33.2 Å². The van der Waals surface area contributed by atoms with Crippen molar-refractivity contribution in [3.05, 3.63) is 83.7 Å². The number of likely N-dealkylation sites (tertiary alicyclic amines) is 2. The number of carbonyl (C=O) groups excluding carboxylic acids is 1. The van der Waals surface area contributed by atoms with E-state index in [-0.39, 0.29) is 5.91 Å². The first-order valence-corrected chi connectivity index (χ1v) is 11.2. The van der Waals surface area contributed by atoms with E-state index in [1.165, 1.54) is 0 Å². The first-order valence-electron chi connectivity index (χ1n) is 11.2. The lowest BCUT2D eigenvalue weighted by Gasteiger charge is -2.29. The van der Waals surface area contributed by atoms with E-state index in [4.69, 9.17) is 4.42 Å². The van der Waals surface area contributed by atoms with E-state index < -0.39 is 0 Å². The van der Waals surface area contributed by atoms with Gasteiger partial charge >= 0.3 is 0 Å². The van der Waals surface area contributed by atoms with Crippen LogP contribution in [0.25, 0.3) is 16.7 Å². The third kappa shape index (κ3) is 3.31. The monoisotopic (exact) mass is 426 g/mol. The van der Waals surface area contributed by atoms with Crippen molar-refractivity contribution in [2.45, 2.75) is 6.92 Å². The highest BCUT2D eigenvalue weighted by molar-refractivity contribution is 6.00. The number of allylic oxidation sites excluding steroid dienone is 6. The summed E-state index contributed by atoms with van der Waals surface area (Å²) in [5.41, 5.74) is 5.34. The van der Waals surface area contributed by atoms with Crippen molar-refractivity contribution in [1.82, 2.24) is 19.7 Å². The van der Waals surface area contributed by atoms with Crippen LogP contribution in [0.1, 0.15) is 11.5 Å². The molecule has 1 aromatic carbocycles. The molecule has 2 atom stereocenters. The van der Waals surface area contributed by atoms with Gasteiger partial charge in [0.15, 0.2) is 11.5 Å². The number of benzene rings is 1. The van der Waals surface area contributed by atoms with Gasteiger partial charge in [-0.15, -0.1) is 0 Å². The molecule has 0 spiro atoms. The molecule has 2 aromatic rings. The molecule has 2 fully saturated rings. The molecule has 0 saturated carbocycles. The van der Waals surface area contributed by atoms with E-state index in [0.717, 1.165) is 71.6 Å². The average molecular weight is 427 g/mol. The van der Waals surface area contributed by atoms with Crippen LogP contribution in [0.15, 0.2) is 76.7 Å². The normalized spacial score (nSPS) is 27.1. The molecule has 4 aliphatic heterocycles. The maximum atomic E-state index is 13.3. The second-order valence-corrected chi connectivity index (χ2v) is 9.21. The predicted octanol–water partition coefficient (Wildman–Crippen LogP) is 3.71. The zero-order chi connectivity index (χ0) is 21.8. The molecular formula is C26H26N4O2. The molecule has 0 radical (unpaired) electrons. The fraction of sp³-hybridized carbons (Fsp3) is 0.308. The number of aromatic nitrogens is 1. The van der Waals surface area contributed by atoms with Crippen LogP contribution in [0.5, 0.6) is 0 Å². The number of hydrogen-bond acceptors (Lipinski definition) is 5. The van der Waals surface area contributed by atoms with Crippen LogP contribution < -0.4 is 0 Å². The Morgan fingerprint density at radius 2 is 1.81 bits per heavy atom. The molecule has 5 heterocycles. The smallest absolute Gasteiger partial charge is 0.255 e. The van der Waals surface area contributed by atoms with Gasteiger partial charge in [-0.05, 0) is 60.4 Å². The van der Waals surface area contributed by atoms with E-state index in [1.807, 2.05) is 55.6 Å². The topological polar surface area (TPSA) is 52.8 Å². The van der Waals surface area contributed by atoms with E-state index in [2.05, 4.69) is 27.9 Å². The second kappa shape index (κ2) is 7.35. The van der Waals surface area contributed by atoms with Gasteiger partial charge in [0, 0.05) is 51.1 Å². The Balaban J connectivity index is 1.29. The largest absolute Gasteiger partial charge is 0.441 e. The average Bonchev–Trinajstić information content (AvgIpc) is 3.42. The standard InChI is InChI=1S/C26H26N4O2/c1-17-27-24-9-6-19(10-25(24)32-17)18-4-3-5-22-7-8-23(16-30(22)26(31)11-18)29-14-20-12-28(2)13-21(20)15-29/h3-11,16,20-21H,12-15H2,1-2H3/b4-3?,18-11?,22-5+/t20-,21+. The van der Waals surface area contributed by atoms with Gasteiger partial charge in [-0.3, -0.25) is 9.69 Å². The SMILES string of the molecule is Cc1nc2ccc(C3=CC(=O)N4C=C(N5C[C@H]6CN(C)C[C@H]6C5)C=C/C4=C\C=C3)cc2o1. The van der Waals surface area contributed by atoms with E-state index >= 15 is 0 Å². The number of nitrogens with zero attached hydrogens (tertiary/aromatic N) is 4. The molecular weight excluding hydrogens is 400 g/mol. The first-order chi connectivity index (χ1) is 15.5. The van der Waals surface area contributed by atoms with E-state index in [0.29, 0.717) is 5.89 Å². The molecule has 1 aromatic heterocycles. The zero-order valence-corrected chi connectivity index (χ0v) is 18.4.